The highest BCUT2D eigenvalue weighted by molar-refractivity contribution is 5.31. The molecule has 0 radical (unpaired) electrons. The summed E-state index contributed by atoms with van der Waals surface area (Å²) in [7, 11) is 0. The molecule has 7 nitrogen and oxygen atoms in total. The van der Waals surface area contributed by atoms with Crippen LogP contribution in [-0.2, 0) is 13.0 Å². The van der Waals surface area contributed by atoms with Crippen LogP contribution in [0.4, 0.5) is 0 Å². The predicted molar refractivity (Wildman–Crippen MR) is 76.9 cm³/mol. The van der Waals surface area contributed by atoms with E-state index in [9.17, 15) is 0 Å². The van der Waals surface area contributed by atoms with Crippen molar-refractivity contribution < 1.29 is 4.52 Å². The average Bonchev–Trinajstić information content (AvgIpc) is 3.10. The minimum Gasteiger partial charge on any atom is -0.361 e. The molecule has 0 aliphatic rings. The summed E-state index contributed by atoms with van der Waals surface area (Å²) < 4.78 is 6.91. The van der Waals surface area contributed by atoms with Crippen LogP contribution in [0.15, 0.2) is 28.8 Å². The first-order valence-corrected chi connectivity index (χ1v) is 6.83. The molecule has 0 fully saturated rings. The lowest BCUT2D eigenvalue weighted by Crippen LogP contribution is -2.08. The van der Waals surface area contributed by atoms with Crippen molar-refractivity contribution >= 4 is 0 Å². The van der Waals surface area contributed by atoms with Crippen molar-refractivity contribution in [1.82, 2.24) is 25.4 Å². The second-order valence-electron chi connectivity index (χ2n) is 5.04. The van der Waals surface area contributed by atoms with Gasteiger partial charge in [-0.3, -0.25) is 0 Å². The normalized spacial score (nSPS) is 10.6. The Hall–Kier alpha value is -3.01. The van der Waals surface area contributed by atoms with E-state index in [1.54, 1.807) is 16.8 Å². The van der Waals surface area contributed by atoms with Crippen LogP contribution >= 0.6 is 0 Å². The number of rotatable bonds is 4. The van der Waals surface area contributed by atoms with Crippen molar-refractivity contribution in [2.75, 3.05) is 0 Å². The molecule has 2 aromatic heterocycles. The van der Waals surface area contributed by atoms with Crippen molar-refractivity contribution in [1.29, 1.82) is 5.26 Å². The summed E-state index contributed by atoms with van der Waals surface area (Å²) in [6.07, 6.45) is 0.574. The summed E-state index contributed by atoms with van der Waals surface area (Å²) in [6, 6.07) is 9.48. The maximum Gasteiger partial charge on any atom is 0.156 e. The summed E-state index contributed by atoms with van der Waals surface area (Å²) in [5.41, 5.74) is 3.53. The van der Waals surface area contributed by atoms with E-state index in [-0.39, 0.29) is 0 Å². The molecular formula is C15H14N6O. The van der Waals surface area contributed by atoms with Crippen molar-refractivity contribution in [2.45, 2.75) is 26.8 Å². The maximum absolute atomic E-state index is 8.82. The Morgan fingerprint density at radius 3 is 2.64 bits per heavy atom. The molecule has 0 unspecified atom stereocenters. The van der Waals surface area contributed by atoms with Gasteiger partial charge < -0.3 is 4.52 Å². The Labute approximate surface area is 127 Å². The molecule has 0 aliphatic heterocycles. The number of aromatic nitrogens is 5. The van der Waals surface area contributed by atoms with Gasteiger partial charge in [-0.25, -0.2) is 4.68 Å². The van der Waals surface area contributed by atoms with Crippen molar-refractivity contribution in [3.63, 3.8) is 0 Å². The lowest BCUT2D eigenvalue weighted by molar-refractivity contribution is 0.392. The first-order valence-electron chi connectivity index (χ1n) is 6.83. The van der Waals surface area contributed by atoms with Crippen LogP contribution in [0.5, 0.6) is 0 Å². The molecule has 0 spiro atoms. The van der Waals surface area contributed by atoms with Gasteiger partial charge in [-0.15, -0.1) is 5.10 Å². The molecule has 0 saturated heterocycles. The van der Waals surface area contributed by atoms with Gasteiger partial charge >= 0.3 is 0 Å². The fraction of sp³-hybridized carbons (Fsp3) is 0.267. The van der Waals surface area contributed by atoms with E-state index in [1.807, 2.05) is 26.0 Å². The Bertz CT molecular complexity index is 805. The van der Waals surface area contributed by atoms with Gasteiger partial charge in [-0.1, -0.05) is 17.3 Å². The zero-order valence-corrected chi connectivity index (χ0v) is 12.3. The Morgan fingerprint density at radius 1 is 1.23 bits per heavy atom. The van der Waals surface area contributed by atoms with Crippen LogP contribution in [0.2, 0.25) is 0 Å². The van der Waals surface area contributed by atoms with Gasteiger partial charge in [-0.2, -0.15) is 5.26 Å². The fourth-order valence-electron chi connectivity index (χ4n) is 2.24. The minimum atomic E-state index is 0.553. The Kier molecular flexibility index (Phi) is 3.66. The van der Waals surface area contributed by atoms with Gasteiger partial charge in [0.1, 0.15) is 5.76 Å². The number of aryl methyl sites for hydroxylation is 2. The number of tetrazole rings is 1. The third-order valence-electron chi connectivity index (χ3n) is 3.54. The zero-order chi connectivity index (χ0) is 15.5. The fourth-order valence-corrected chi connectivity index (χ4v) is 2.24. The minimum absolute atomic E-state index is 0.553. The highest BCUT2D eigenvalue weighted by atomic mass is 16.5. The van der Waals surface area contributed by atoms with Crippen LogP contribution in [0.25, 0.3) is 0 Å². The maximum atomic E-state index is 8.82. The first-order chi connectivity index (χ1) is 10.7. The van der Waals surface area contributed by atoms with Crippen molar-refractivity contribution in [3.8, 4) is 6.07 Å². The summed E-state index contributed by atoms with van der Waals surface area (Å²) in [4.78, 5) is 0. The molecular weight excluding hydrogens is 280 g/mol. The quantitative estimate of drug-likeness (QED) is 0.728. The van der Waals surface area contributed by atoms with Crippen LogP contribution in [0, 0.1) is 25.2 Å². The van der Waals surface area contributed by atoms with E-state index >= 15 is 0 Å². The molecule has 110 valence electrons. The molecule has 0 aliphatic carbocycles. The molecule has 0 atom stereocenters. The molecule has 0 N–H and O–H groups in total. The van der Waals surface area contributed by atoms with Crippen LogP contribution in [0.3, 0.4) is 0 Å². The second kappa shape index (κ2) is 5.77. The van der Waals surface area contributed by atoms with E-state index < -0.39 is 0 Å². The lowest BCUT2D eigenvalue weighted by atomic mass is 10.1. The third-order valence-corrected chi connectivity index (χ3v) is 3.54. The summed E-state index contributed by atoms with van der Waals surface area (Å²) in [5, 5.41) is 24.6. The molecule has 2 heterocycles. The highest BCUT2D eigenvalue weighted by Gasteiger charge is 2.14. The number of benzene rings is 1. The number of hydrogen-bond acceptors (Lipinski definition) is 6. The summed E-state index contributed by atoms with van der Waals surface area (Å²) >= 11 is 0. The monoisotopic (exact) mass is 294 g/mol. The Balaban J connectivity index is 1.81. The smallest absolute Gasteiger partial charge is 0.156 e. The number of nitriles is 1. The topological polar surface area (TPSA) is 93.4 Å². The summed E-state index contributed by atoms with van der Waals surface area (Å²) in [6.45, 7) is 4.34. The molecule has 1 aromatic carbocycles. The molecule has 3 aromatic rings. The molecule has 0 saturated carbocycles. The zero-order valence-electron chi connectivity index (χ0n) is 12.3. The van der Waals surface area contributed by atoms with E-state index in [0.29, 0.717) is 18.5 Å². The van der Waals surface area contributed by atoms with E-state index in [1.165, 1.54) is 0 Å². The van der Waals surface area contributed by atoms with Gasteiger partial charge in [0, 0.05) is 12.0 Å². The van der Waals surface area contributed by atoms with Gasteiger partial charge in [0.15, 0.2) is 5.82 Å². The summed E-state index contributed by atoms with van der Waals surface area (Å²) in [5.74, 6) is 1.53. The van der Waals surface area contributed by atoms with Crippen molar-refractivity contribution in [2.24, 2.45) is 0 Å². The van der Waals surface area contributed by atoms with Crippen LogP contribution < -0.4 is 0 Å². The molecule has 0 amide bonds. The van der Waals surface area contributed by atoms with E-state index in [4.69, 9.17) is 9.78 Å². The van der Waals surface area contributed by atoms with Gasteiger partial charge in [-0.05, 0) is 42.0 Å². The largest absolute Gasteiger partial charge is 0.361 e. The first kappa shape index (κ1) is 13.9. The van der Waals surface area contributed by atoms with Crippen LogP contribution in [0.1, 0.15) is 34.0 Å². The highest BCUT2D eigenvalue weighted by Crippen LogP contribution is 2.16. The van der Waals surface area contributed by atoms with E-state index in [0.717, 1.165) is 28.4 Å². The second-order valence-corrected chi connectivity index (χ2v) is 5.04. The van der Waals surface area contributed by atoms with E-state index in [2.05, 4.69) is 26.8 Å². The Morgan fingerprint density at radius 2 is 2.00 bits per heavy atom. The lowest BCUT2D eigenvalue weighted by Gasteiger charge is -2.05. The SMILES string of the molecule is Cc1noc(C)c1Cc1nnnn1Cc1ccc(C#N)cc1. The van der Waals surface area contributed by atoms with Gasteiger partial charge in [0.2, 0.25) is 0 Å². The van der Waals surface area contributed by atoms with Gasteiger partial charge in [0.05, 0.1) is 23.9 Å². The predicted octanol–water partition coefficient (Wildman–Crippen LogP) is 1.79. The van der Waals surface area contributed by atoms with Gasteiger partial charge in [0.25, 0.3) is 0 Å². The van der Waals surface area contributed by atoms with Crippen molar-refractivity contribution in [3.05, 3.63) is 58.2 Å². The molecule has 0 bridgehead atoms. The average molecular weight is 294 g/mol. The standard InChI is InChI=1S/C15H14N6O/c1-10-14(11(2)22-18-10)7-15-17-19-20-21(15)9-13-5-3-12(8-16)4-6-13/h3-6H,7,9H2,1-2H3. The third kappa shape index (κ3) is 2.72. The molecule has 3 rings (SSSR count). The number of hydrogen-bond donors (Lipinski definition) is 0. The molecule has 22 heavy (non-hydrogen) atoms. The van der Waals surface area contributed by atoms with Crippen LogP contribution in [-0.4, -0.2) is 25.4 Å². The number of nitrogens with zero attached hydrogens (tertiary/aromatic N) is 6. The molecule has 7 heteroatoms.